The number of carbonyl (C=O) groups excluding carboxylic acids is 1. The average molecular weight is 550 g/mol. The molecule has 1 aliphatic rings. The number of nitrogens with zero attached hydrogens (tertiary/aromatic N) is 4. The summed E-state index contributed by atoms with van der Waals surface area (Å²) in [5.74, 6) is -1.42. The SMILES string of the molecule is N#Cc1cccc(-n2nc(C(F)(F)F)cc2C(=O)Nc2cc(C(O)(CCC3CC3)c3cccnc3)ccc2F)c1. The Morgan fingerprint density at radius 1 is 1.10 bits per heavy atom. The summed E-state index contributed by atoms with van der Waals surface area (Å²) >= 11 is 0. The summed E-state index contributed by atoms with van der Waals surface area (Å²) in [7, 11) is 0. The van der Waals surface area contributed by atoms with Gasteiger partial charge in [-0.1, -0.05) is 31.0 Å². The third-order valence-corrected chi connectivity index (χ3v) is 6.89. The van der Waals surface area contributed by atoms with E-state index in [1.165, 1.54) is 42.6 Å². The normalized spacial score (nSPS) is 14.8. The summed E-state index contributed by atoms with van der Waals surface area (Å²) in [5, 5.41) is 26.9. The number of amides is 1. The molecule has 2 aromatic carbocycles. The van der Waals surface area contributed by atoms with Crippen molar-refractivity contribution in [3.05, 3.63) is 107 Å². The van der Waals surface area contributed by atoms with E-state index >= 15 is 0 Å². The summed E-state index contributed by atoms with van der Waals surface area (Å²) in [6.07, 6.45) is 1.41. The summed E-state index contributed by atoms with van der Waals surface area (Å²) in [5.41, 5.74) is -2.75. The summed E-state index contributed by atoms with van der Waals surface area (Å²) in [4.78, 5) is 17.4. The van der Waals surface area contributed by atoms with E-state index in [0.29, 0.717) is 29.5 Å². The van der Waals surface area contributed by atoms with Gasteiger partial charge in [-0.15, -0.1) is 0 Å². The first-order valence-electron chi connectivity index (χ1n) is 12.5. The Morgan fingerprint density at radius 2 is 1.90 bits per heavy atom. The Labute approximate surface area is 226 Å². The number of rotatable bonds is 8. The molecular formula is C29H23F4N5O2. The monoisotopic (exact) mass is 549 g/mol. The van der Waals surface area contributed by atoms with Crippen LogP contribution < -0.4 is 5.32 Å². The molecule has 0 aliphatic heterocycles. The van der Waals surface area contributed by atoms with E-state index < -0.39 is 34.9 Å². The molecule has 11 heteroatoms. The van der Waals surface area contributed by atoms with Gasteiger partial charge < -0.3 is 10.4 Å². The largest absolute Gasteiger partial charge is 0.435 e. The van der Waals surface area contributed by atoms with Crippen molar-refractivity contribution in [2.45, 2.75) is 37.5 Å². The molecule has 1 amide bonds. The highest BCUT2D eigenvalue weighted by Crippen LogP contribution is 2.41. The van der Waals surface area contributed by atoms with Gasteiger partial charge in [0.05, 0.1) is 23.0 Å². The van der Waals surface area contributed by atoms with Crippen molar-refractivity contribution in [1.82, 2.24) is 14.8 Å². The zero-order valence-electron chi connectivity index (χ0n) is 21.0. The maximum atomic E-state index is 14.9. The molecule has 0 bridgehead atoms. The highest BCUT2D eigenvalue weighted by Gasteiger charge is 2.37. The Hall–Kier alpha value is -4.56. The van der Waals surface area contributed by atoms with Crippen LogP contribution in [0.4, 0.5) is 23.2 Å². The van der Waals surface area contributed by atoms with Crippen molar-refractivity contribution in [2.75, 3.05) is 5.32 Å². The molecule has 1 aliphatic carbocycles. The maximum Gasteiger partial charge on any atom is 0.435 e. The molecule has 1 unspecified atom stereocenters. The van der Waals surface area contributed by atoms with E-state index in [1.54, 1.807) is 18.3 Å². The van der Waals surface area contributed by atoms with Crippen LogP contribution in [0.5, 0.6) is 0 Å². The standard InChI is InChI=1S/C29H23F4N5O2/c30-23-9-8-20(28(40,11-10-18-6-7-18)21-4-2-12-35-17-21)14-24(23)36-27(39)25-15-26(29(31,32)33)37-38(25)22-5-1-3-19(13-22)16-34/h1-5,8-9,12-15,17-18,40H,6-7,10-11H2,(H,36,39). The molecule has 4 aromatic rings. The van der Waals surface area contributed by atoms with Gasteiger partial charge in [0.25, 0.3) is 5.91 Å². The molecule has 7 nitrogen and oxygen atoms in total. The molecule has 1 atom stereocenters. The number of aliphatic hydroxyl groups is 1. The fourth-order valence-corrected chi connectivity index (χ4v) is 4.53. The van der Waals surface area contributed by atoms with Gasteiger partial charge in [0.1, 0.15) is 17.1 Å². The van der Waals surface area contributed by atoms with Gasteiger partial charge in [-0.2, -0.15) is 23.5 Å². The van der Waals surface area contributed by atoms with Gasteiger partial charge in [-0.05, 0) is 60.7 Å². The Kier molecular flexibility index (Phi) is 7.12. The molecule has 0 saturated heterocycles. The van der Waals surface area contributed by atoms with Crippen molar-refractivity contribution >= 4 is 11.6 Å². The third kappa shape index (κ3) is 5.58. The quantitative estimate of drug-likeness (QED) is 0.264. The highest BCUT2D eigenvalue weighted by molar-refractivity contribution is 6.03. The van der Waals surface area contributed by atoms with E-state index in [-0.39, 0.29) is 16.9 Å². The maximum absolute atomic E-state index is 14.9. The summed E-state index contributed by atoms with van der Waals surface area (Å²) in [6, 6.07) is 15.1. The number of aromatic nitrogens is 3. The number of pyridine rings is 1. The van der Waals surface area contributed by atoms with Crippen LogP contribution in [0, 0.1) is 23.1 Å². The lowest BCUT2D eigenvalue weighted by molar-refractivity contribution is -0.141. The van der Waals surface area contributed by atoms with Gasteiger partial charge in [-0.3, -0.25) is 9.78 Å². The third-order valence-electron chi connectivity index (χ3n) is 6.89. The second-order valence-electron chi connectivity index (χ2n) is 9.72. The molecular weight excluding hydrogens is 526 g/mol. The summed E-state index contributed by atoms with van der Waals surface area (Å²) < 4.78 is 56.3. The first-order chi connectivity index (χ1) is 19.1. The van der Waals surface area contributed by atoms with Crippen LogP contribution in [0.15, 0.2) is 73.1 Å². The number of alkyl halides is 3. The number of nitriles is 1. The minimum absolute atomic E-state index is 0.0416. The van der Waals surface area contributed by atoms with E-state index in [4.69, 9.17) is 0 Å². The van der Waals surface area contributed by atoms with Crippen LogP contribution in [0.25, 0.3) is 5.69 Å². The molecule has 204 valence electrons. The minimum Gasteiger partial charge on any atom is -0.380 e. The average Bonchev–Trinajstić information content (AvgIpc) is 3.67. The van der Waals surface area contributed by atoms with E-state index in [0.717, 1.165) is 30.0 Å². The van der Waals surface area contributed by atoms with Crippen LogP contribution in [-0.4, -0.2) is 25.8 Å². The summed E-state index contributed by atoms with van der Waals surface area (Å²) in [6.45, 7) is 0. The Bertz CT molecular complexity index is 1590. The predicted octanol–water partition coefficient (Wildman–Crippen LogP) is 5.98. The highest BCUT2D eigenvalue weighted by atomic mass is 19.4. The molecule has 2 N–H and O–H groups in total. The van der Waals surface area contributed by atoms with Crippen LogP contribution >= 0.6 is 0 Å². The topological polar surface area (TPSA) is 104 Å². The van der Waals surface area contributed by atoms with Crippen LogP contribution in [0.3, 0.4) is 0 Å². The molecule has 2 aromatic heterocycles. The van der Waals surface area contributed by atoms with Crippen LogP contribution in [0.1, 0.15) is 58.6 Å². The van der Waals surface area contributed by atoms with Crippen molar-refractivity contribution in [3.63, 3.8) is 0 Å². The number of benzene rings is 2. The van der Waals surface area contributed by atoms with Gasteiger partial charge in [0, 0.05) is 24.0 Å². The van der Waals surface area contributed by atoms with Gasteiger partial charge >= 0.3 is 6.18 Å². The fourth-order valence-electron chi connectivity index (χ4n) is 4.53. The zero-order valence-corrected chi connectivity index (χ0v) is 21.0. The molecule has 1 saturated carbocycles. The number of hydrogen-bond acceptors (Lipinski definition) is 5. The van der Waals surface area contributed by atoms with E-state index in [9.17, 15) is 32.7 Å². The van der Waals surface area contributed by atoms with Gasteiger partial charge in [0.2, 0.25) is 0 Å². The van der Waals surface area contributed by atoms with E-state index in [2.05, 4.69) is 15.4 Å². The van der Waals surface area contributed by atoms with Gasteiger partial charge in [-0.25, -0.2) is 9.07 Å². The Morgan fingerprint density at radius 3 is 2.58 bits per heavy atom. The van der Waals surface area contributed by atoms with Crippen LogP contribution in [-0.2, 0) is 11.8 Å². The fraction of sp³-hybridized carbons (Fsp3) is 0.241. The number of halogens is 4. The number of anilines is 1. The second-order valence-corrected chi connectivity index (χ2v) is 9.72. The first-order valence-corrected chi connectivity index (χ1v) is 12.5. The lowest BCUT2D eigenvalue weighted by Gasteiger charge is -2.30. The molecule has 40 heavy (non-hydrogen) atoms. The lowest BCUT2D eigenvalue weighted by atomic mass is 9.82. The molecule has 1 fully saturated rings. The van der Waals surface area contributed by atoms with Gasteiger partial charge in [0.15, 0.2) is 5.69 Å². The molecule has 0 radical (unpaired) electrons. The zero-order chi connectivity index (χ0) is 28.5. The number of carbonyl (C=O) groups is 1. The molecule has 2 heterocycles. The van der Waals surface area contributed by atoms with Crippen molar-refractivity contribution in [2.24, 2.45) is 5.92 Å². The van der Waals surface area contributed by atoms with Crippen LogP contribution in [0.2, 0.25) is 0 Å². The van der Waals surface area contributed by atoms with Crippen molar-refractivity contribution < 1.29 is 27.5 Å². The Balaban J connectivity index is 1.52. The first kappa shape index (κ1) is 27.0. The molecule has 0 spiro atoms. The minimum atomic E-state index is -4.86. The van der Waals surface area contributed by atoms with Crippen molar-refractivity contribution in [3.8, 4) is 11.8 Å². The van der Waals surface area contributed by atoms with Crippen molar-refractivity contribution in [1.29, 1.82) is 5.26 Å². The predicted molar refractivity (Wildman–Crippen MR) is 137 cm³/mol. The number of nitrogens with one attached hydrogen (secondary N) is 1. The molecule has 5 rings (SSSR count). The smallest absolute Gasteiger partial charge is 0.380 e. The number of hydrogen-bond donors (Lipinski definition) is 2. The van der Waals surface area contributed by atoms with E-state index in [1.807, 2.05) is 6.07 Å². The second kappa shape index (κ2) is 10.5. The lowest BCUT2D eigenvalue weighted by Crippen LogP contribution is -2.28.